The lowest BCUT2D eigenvalue weighted by Crippen LogP contribution is -2.38. The largest absolute Gasteiger partial charge is 0.394 e. The highest BCUT2D eigenvalue weighted by Gasteiger charge is 2.11. The van der Waals surface area contributed by atoms with E-state index in [1.54, 1.807) is 26.6 Å². The Balaban J connectivity index is 2.35. The highest BCUT2D eigenvalue weighted by molar-refractivity contribution is 6.29. The van der Waals surface area contributed by atoms with Gasteiger partial charge in [0.2, 0.25) is 0 Å². The van der Waals surface area contributed by atoms with Gasteiger partial charge < -0.3 is 15.2 Å². The molecule has 0 aliphatic heterocycles. The van der Waals surface area contributed by atoms with Gasteiger partial charge in [0, 0.05) is 0 Å². The summed E-state index contributed by atoms with van der Waals surface area (Å²) in [5.74, 6) is 0. The van der Waals surface area contributed by atoms with E-state index in [4.69, 9.17) is 21.8 Å². The van der Waals surface area contributed by atoms with Crippen molar-refractivity contribution < 1.29 is 10.2 Å². The van der Waals surface area contributed by atoms with E-state index in [0.717, 1.165) is 5.65 Å². The van der Waals surface area contributed by atoms with E-state index >= 15 is 0 Å². The number of halogens is 1. The number of rotatable bonds is 5. The van der Waals surface area contributed by atoms with Crippen molar-refractivity contribution in [1.29, 1.82) is 0 Å². The van der Waals surface area contributed by atoms with Crippen LogP contribution in [-0.4, -0.2) is 50.8 Å². The van der Waals surface area contributed by atoms with Crippen molar-refractivity contribution in [3.63, 3.8) is 0 Å². The number of fused-ring (bicyclic) bond motifs is 1. The van der Waals surface area contributed by atoms with Gasteiger partial charge in [0.1, 0.15) is 11.5 Å². The first kappa shape index (κ1) is 11.3. The first-order valence-corrected chi connectivity index (χ1v) is 5.33. The molecule has 2 aromatic rings. The van der Waals surface area contributed by atoms with E-state index in [1.807, 2.05) is 6.07 Å². The summed E-state index contributed by atoms with van der Waals surface area (Å²) in [5, 5.41) is 24.3. The fourth-order valence-electron chi connectivity index (χ4n) is 1.62. The minimum atomic E-state index is 0.0127. The van der Waals surface area contributed by atoms with Crippen LogP contribution in [0.3, 0.4) is 0 Å². The molecule has 16 heavy (non-hydrogen) atoms. The Morgan fingerprint density at radius 1 is 1.25 bits per heavy atom. The van der Waals surface area contributed by atoms with Gasteiger partial charge in [0.15, 0.2) is 5.65 Å². The second-order valence-electron chi connectivity index (χ2n) is 3.30. The zero-order valence-corrected chi connectivity index (χ0v) is 9.38. The Hall–Kier alpha value is -1.24. The summed E-state index contributed by atoms with van der Waals surface area (Å²) in [6.45, 7) is 0.877. The Morgan fingerprint density at radius 3 is 2.56 bits per heavy atom. The fraction of sp³-hybridized carbons (Fsp3) is 0.444. The lowest BCUT2D eigenvalue weighted by molar-refractivity contribution is 0.266. The molecule has 0 saturated heterocycles. The van der Waals surface area contributed by atoms with Gasteiger partial charge in [-0.3, -0.25) is 0 Å². The van der Waals surface area contributed by atoms with Crippen LogP contribution in [0.2, 0.25) is 5.15 Å². The Bertz CT molecular complexity index is 461. The molecule has 2 N–H and O–H groups in total. The maximum absolute atomic E-state index is 8.95. The summed E-state index contributed by atoms with van der Waals surface area (Å²) < 4.78 is 3.35. The molecule has 0 amide bonds. The van der Waals surface area contributed by atoms with Gasteiger partial charge in [-0.15, -0.1) is 0 Å². The van der Waals surface area contributed by atoms with Crippen LogP contribution in [0.25, 0.3) is 5.65 Å². The predicted octanol–water partition coefficient (Wildman–Crippen LogP) is -0.288. The molecule has 2 rings (SSSR count). The molecule has 0 saturated carbocycles. The van der Waals surface area contributed by atoms with E-state index < -0.39 is 0 Å². The molecule has 0 aliphatic rings. The number of aliphatic hydroxyl groups is 2. The Kier molecular flexibility index (Phi) is 3.33. The van der Waals surface area contributed by atoms with Gasteiger partial charge in [0.25, 0.3) is 0 Å². The minimum absolute atomic E-state index is 0.0127. The van der Waals surface area contributed by atoms with Gasteiger partial charge in [-0.1, -0.05) is 11.6 Å². The van der Waals surface area contributed by atoms with Gasteiger partial charge in [-0.05, 0) is 12.1 Å². The zero-order chi connectivity index (χ0) is 11.5. The van der Waals surface area contributed by atoms with Crippen molar-refractivity contribution in [3.8, 4) is 0 Å². The number of hydrogen-bond donors (Lipinski definition) is 2. The smallest absolute Gasteiger partial charge is 0.156 e. The van der Waals surface area contributed by atoms with E-state index in [0.29, 0.717) is 18.2 Å². The summed E-state index contributed by atoms with van der Waals surface area (Å²) in [4.78, 5) is 0. The van der Waals surface area contributed by atoms with Crippen LogP contribution in [0.4, 0.5) is 0 Å². The van der Waals surface area contributed by atoms with E-state index in [2.05, 4.69) is 5.10 Å². The summed E-state index contributed by atoms with van der Waals surface area (Å²) in [7, 11) is 0. The molecule has 0 radical (unpaired) electrons. The van der Waals surface area contributed by atoms with Gasteiger partial charge in [-0.25, -0.2) is 9.19 Å². The molecular weight excluding hydrogens is 232 g/mol. The molecule has 6 nitrogen and oxygen atoms in total. The van der Waals surface area contributed by atoms with Crippen LogP contribution in [0.5, 0.6) is 0 Å². The Morgan fingerprint density at radius 2 is 1.94 bits per heavy atom. The fourth-order valence-corrected chi connectivity index (χ4v) is 1.81. The van der Waals surface area contributed by atoms with Crippen molar-refractivity contribution >= 4 is 17.2 Å². The zero-order valence-electron chi connectivity index (χ0n) is 8.62. The highest BCUT2D eigenvalue weighted by atomic mass is 35.5. The second kappa shape index (κ2) is 4.73. The summed E-state index contributed by atoms with van der Waals surface area (Å²) in [6.07, 6.45) is 1.60. The topological polar surface area (TPSA) is 65.9 Å². The third kappa shape index (κ3) is 1.87. The summed E-state index contributed by atoms with van der Waals surface area (Å²) >= 11 is 5.91. The molecule has 0 spiro atoms. The highest BCUT2D eigenvalue weighted by Crippen LogP contribution is 2.14. The van der Waals surface area contributed by atoms with Crippen LogP contribution in [-0.2, 0) is 0 Å². The molecule has 0 atom stereocenters. The molecule has 2 heterocycles. The van der Waals surface area contributed by atoms with E-state index in [1.165, 1.54) is 0 Å². The summed E-state index contributed by atoms with van der Waals surface area (Å²) in [5.41, 5.74) is 0.798. The average Bonchev–Trinajstić information content (AvgIpc) is 2.82. The van der Waals surface area contributed by atoms with Crippen molar-refractivity contribution in [1.82, 2.24) is 14.3 Å². The van der Waals surface area contributed by atoms with Crippen LogP contribution in [0.15, 0.2) is 18.5 Å². The van der Waals surface area contributed by atoms with Crippen molar-refractivity contribution in [3.05, 3.63) is 23.6 Å². The van der Waals surface area contributed by atoms with Crippen LogP contribution in [0.1, 0.15) is 0 Å². The maximum atomic E-state index is 8.95. The molecule has 7 heteroatoms. The van der Waals surface area contributed by atoms with Gasteiger partial charge in [-0.2, -0.15) is 5.10 Å². The average molecular weight is 245 g/mol. The van der Waals surface area contributed by atoms with Crippen molar-refractivity contribution in [2.45, 2.75) is 0 Å². The standard InChI is InChI=1S/C9H13ClN4O2/c10-8-1-2-9-13(7-11-14(8)9)12(3-5-15)4-6-16/h1-2,7,15-16H,3-6H2. The predicted molar refractivity (Wildman–Crippen MR) is 60.3 cm³/mol. The normalized spacial score (nSPS) is 11.2. The lowest BCUT2D eigenvalue weighted by atomic mass is 10.5. The third-order valence-corrected chi connectivity index (χ3v) is 2.61. The first-order valence-electron chi connectivity index (χ1n) is 4.95. The number of aromatic nitrogens is 3. The molecule has 0 bridgehead atoms. The van der Waals surface area contributed by atoms with Crippen LogP contribution < -0.4 is 5.01 Å². The van der Waals surface area contributed by atoms with Crippen molar-refractivity contribution in [2.75, 3.05) is 31.3 Å². The van der Waals surface area contributed by atoms with Crippen LogP contribution >= 0.6 is 11.6 Å². The Labute approximate surface area is 97.2 Å². The van der Waals surface area contributed by atoms with E-state index in [9.17, 15) is 0 Å². The quantitative estimate of drug-likeness (QED) is 0.759. The third-order valence-electron chi connectivity index (χ3n) is 2.32. The first-order chi connectivity index (χ1) is 7.77. The van der Waals surface area contributed by atoms with Gasteiger partial charge in [0.05, 0.1) is 26.3 Å². The molecule has 2 aromatic heterocycles. The number of nitrogens with zero attached hydrogens (tertiary/aromatic N) is 4. The molecule has 0 fully saturated rings. The minimum Gasteiger partial charge on any atom is -0.394 e. The monoisotopic (exact) mass is 244 g/mol. The SMILES string of the molecule is OCCN(CCO)n1cnn2c(Cl)ccc12. The lowest BCUT2D eigenvalue weighted by Gasteiger charge is -2.23. The maximum Gasteiger partial charge on any atom is 0.156 e. The molecule has 88 valence electrons. The van der Waals surface area contributed by atoms with Crippen molar-refractivity contribution in [2.24, 2.45) is 0 Å². The molecule has 0 aliphatic carbocycles. The van der Waals surface area contributed by atoms with Crippen LogP contribution in [0, 0.1) is 0 Å². The second-order valence-corrected chi connectivity index (χ2v) is 3.69. The molecule has 0 unspecified atom stereocenters. The summed E-state index contributed by atoms with van der Waals surface area (Å²) in [6, 6.07) is 3.58. The molecule has 0 aromatic carbocycles. The number of aliphatic hydroxyl groups excluding tert-OH is 2. The number of hydrogen-bond acceptors (Lipinski definition) is 4. The van der Waals surface area contributed by atoms with Gasteiger partial charge >= 0.3 is 0 Å². The molecular formula is C9H13ClN4O2. The van der Waals surface area contributed by atoms with E-state index in [-0.39, 0.29) is 13.2 Å².